The van der Waals surface area contributed by atoms with Gasteiger partial charge in [-0.2, -0.15) is 4.98 Å². The third-order valence-electron chi connectivity index (χ3n) is 3.11. The molecule has 6 heteroatoms. The van der Waals surface area contributed by atoms with Crippen molar-refractivity contribution in [1.82, 2.24) is 15.0 Å². The summed E-state index contributed by atoms with van der Waals surface area (Å²) in [7, 11) is 0. The van der Waals surface area contributed by atoms with Crippen LogP contribution in [0.25, 0.3) is 0 Å². The SMILES string of the molecule is CCC(=O)Cc1nc(C2CN(CC)CCO2)no1. The molecule has 1 atom stereocenters. The molecule has 100 valence electrons. The molecule has 0 N–H and O–H groups in total. The molecule has 0 saturated carbocycles. The Bertz CT molecular complexity index is 405. The molecule has 0 spiro atoms. The molecule has 0 bridgehead atoms. The third kappa shape index (κ3) is 3.14. The molecule has 1 unspecified atom stereocenters. The lowest BCUT2D eigenvalue weighted by Crippen LogP contribution is -2.38. The molecule has 6 nitrogen and oxygen atoms in total. The highest BCUT2D eigenvalue weighted by molar-refractivity contribution is 5.79. The second-order valence-electron chi connectivity index (χ2n) is 4.37. The van der Waals surface area contributed by atoms with Gasteiger partial charge in [0.05, 0.1) is 13.0 Å². The van der Waals surface area contributed by atoms with E-state index in [1.807, 2.05) is 6.92 Å². The minimum Gasteiger partial charge on any atom is -0.367 e. The maximum Gasteiger partial charge on any atom is 0.234 e. The first-order chi connectivity index (χ1) is 8.72. The number of nitrogens with zero attached hydrogens (tertiary/aromatic N) is 3. The summed E-state index contributed by atoms with van der Waals surface area (Å²) in [4.78, 5) is 17.8. The normalized spacial score (nSPS) is 21.1. The van der Waals surface area contributed by atoms with E-state index in [1.165, 1.54) is 0 Å². The first-order valence-corrected chi connectivity index (χ1v) is 6.41. The molecule has 1 fully saturated rings. The van der Waals surface area contributed by atoms with E-state index in [2.05, 4.69) is 22.0 Å². The van der Waals surface area contributed by atoms with Gasteiger partial charge in [-0.1, -0.05) is 19.0 Å². The average Bonchev–Trinajstić information content (AvgIpc) is 2.87. The van der Waals surface area contributed by atoms with Crippen molar-refractivity contribution in [2.45, 2.75) is 32.8 Å². The zero-order valence-corrected chi connectivity index (χ0v) is 10.9. The highest BCUT2D eigenvalue weighted by atomic mass is 16.5. The largest absolute Gasteiger partial charge is 0.367 e. The summed E-state index contributed by atoms with van der Waals surface area (Å²) in [5.41, 5.74) is 0. The lowest BCUT2D eigenvalue weighted by molar-refractivity contribution is -0.118. The average molecular weight is 253 g/mol. The fraction of sp³-hybridized carbons (Fsp3) is 0.750. The van der Waals surface area contributed by atoms with Crippen molar-refractivity contribution in [1.29, 1.82) is 0 Å². The van der Waals surface area contributed by atoms with Crippen LogP contribution in [0, 0.1) is 0 Å². The summed E-state index contributed by atoms with van der Waals surface area (Å²) in [6.45, 7) is 7.31. The summed E-state index contributed by atoms with van der Waals surface area (Å²) in [5, 5.41) is 3.91. The Morgan fingerprint density at radius 3 is 3.06 bits per heavy atom. The summed E-state index contributed by atoms with van der Waals surface area (Å²) in [6, 6.07) is 0. The molecule has 0 amide bonds. The Hall–Kier alpha value is -1.27. The molecule has 1 aromatic heterocycles. The van der Waals surface area contributed by atoms with Gasteiger partial charge in [0.2, 0.25) is 11.7 Å². The molecule has 0 aliphatic carbocycles. The van der Waals surface area contributed by atoms with Gasteiger partial charge >= 0.3 is 0 Å². The van der Waals surface area contributed by atoms with Crippen LogP contribution in [0.1, 0.15) is 38.1 Å². The Labute approximate surface area is 106 Å². The van der Waals surface area contributed by atoms with Gasteiger partial charge < -0.3 is 9.26 Å². The number of likely N-dealkylation sites (N-methyl/N-ethyl adjacent to an activating group) is 1. The number of carbonyl (C=O) groups is 1. The quantitative estimate of drug-likeness (QED) is 0.779. The maximum atomic E-state index is 11.3. The van der Waals surface area contributed by atoms with Gasteiger partial charge in [-0.15, -0.1) is 0 Å². The number of Topliss-reactive ketones (excluding diaryl/α,β-unsaturated/α-hetero) is 1. The van der Waals surface area contributed by atoms with E-state index in [-0.39, 0.29) is 18.3 Å². The number of morpholine rings is 1. The van der Waals surface area contributed by atoms with Gasteiger partial charge in [0.1, 0.15) is 11.9 Å². The van der Waals surface area contributed by atoms with Gasteiger partial charge in [0.25, 0.3) is 0 Å². The molecule has 1 saturated heterocycles. The topological polar surface area (TPSA) is 68.5 Å². The fourth-order valence-corrected chi connectivity index (χ4v) is 1.91. The summed E-state index contributed by atoms with van der Waals surface area (Å²) in [6.07, 6.45) is 0.558. The highest BCUT2D eigenvalue weighted by Crippen LogP contribution is 2.19. The van der Waals surface area contributed by atoms with E-state index >= 15 is 0 Å². The van der Waals surface area contributed by atoms with Crippen molar-refractivity contribution in [3.63, 3.8) is 0 Å². The molecule has 0 aromatic carbocycles. The van der Waals surface area contributed by atoms with Gasteiger partial charge in [0.15, 0.2) is 0 Å². The van der Waals surface area contributed by atoms with Gasteiger partial charge in [-0.05, 0) is 6.54 Å². The first kappa shape index (κ1) is 13.2. The van der Waals surface area contributed by atoms with Crippen LogP contribution in [-0.4, -0.2) is 47.1 Å². The number of hydrogen-bond acceptors (Lipinski definition) is 6. The third-order valence-corrected chi connectivity index (χ3v) is 3.11. The lowest BCUT2D eigenvalue weighted by Gasteiger charge is -2.30. The molecule has 1 aliphatic heterocycles. The Morgan fingerprint density at radius 2 is 2.33 bits per heavy atom. The smallest absolute Gasteiger partial charge is 0.234 e. The van der Waals surface area contributed by atoms with Crippen LogP contribution in [-0.2, 0) is 16.0 Å². The molecule has 18 heavy (non-hydrogen) atoms. The minimum absolute atomic E-state index is 0.102. The van der Waals surface area contributed by atoms with Crippen molar-refractivity contribution in [2.75, 3.05) is 26.2 Å². The zero-order valence-electron chi connectivity index (χ0n) is 10.9. The number of ether oxygens (including phenoxy) is 1. The second kappa shape index (κ2) is 6.06. The Kier molecular flexibility index (Phi) is 4.43. The molecular weight excluding hydrogens is 234 g/mol. The molecule has 1 aromatic rings. The second-order valence-corrected chi connectivity index (χ2v) is 4.37. The van der Waals surface area contributed by atoms with E-state index in [9.17, 15) is 4.79 Å². The molecule has 1 aliphatic rings. The number of carbonyl (C=O) groups excluding carboxylic acids is 1. The van der Waals surface area contributed by atoms with E-state index in [4.69, 9.17) is 9.26 Å². The van der Waals surface area contributed by atoms with Crippen LogP contribution in [0.5, 0.6) is 0 Å². The van der Waals surface area contributed by atoms with Crippen molar-refractivity contribution in [3.05, 3.63) is 11.7 Å². The molecule has 2 heterocycles. The van der Waals surface area contributed by atoms with E-state index in [1.54, 1.807) is 0 Å². The van der Waals surface area contributed by atoms with Gasteiger partial charge in [0, 0.05) is 19.5 Å². The zero-order chi connectivity index (χ0) is 13.0. The monoisotopic (exact) mass is 253 g/mol. The standard InChI is InChI=1S/C12H19N3O3/c1-3-9(16)7-11-13-12(14-18-11)10-8-15(4-2)5-6-17-10/h10H,3-8H2,1-2H3. The van der Waals surface area contributed by atoms with Crippen molar-refractivity contribution < 1.29 is 14.1 Å². The van der Waals surface area contributed by atoms with E-state index < -0.39 is 0 Å². The number of ketones is 1. The van der Waals surface area contributed by atoms with Crippen molar-refractivity contribution >= 4 is 5.78 Å². The summed E-state index contributed by atoms with van der Waals surface area (Å²) in [5.74, 6) is 1.03. The summed E-state index contributed by atoms with van der Waals surface area (Å²) >= 11 is 0. The molecule has 2 rings (SSSR count). The number of aromatic nitrogens is 2. The first-order valence-electron chi connectivity index (χ1n) is 6.41. The minimum atomic E-state index is -0.145. The van der Waals surface area contributed by atoms with Crippen LogP contribution in [0.4, 0.5) is 0 Å². The molecular formula is C12H19N3O3. The van der Waals surface area contributed by atoms with E-state index in [0.29, 0.717) is 24.7 Å². The summed E-state index contributed by atoms with van der Waals surface area (Å²) < 4.78 is 10.7. The number of rotatable bonds is 5. The van der Waals surface area contributed by atoms with Crippen LogP contribution in [0.2, 0.25) is 0 Å². The van der Waals surface area contributed by atoms with Gasteiger partial charge in [-0.3, -0.25) is 9.69 Å². The maximum absolute atomic E-state index is 11.3. The predicted octanol–water partition coefficient (Wildman–Crippen LogP) is 0.984. The highest BCUT2D eigenvalue weighted by Gasteiger charge is 2.25. The van der Waals surface area contributed by atoms with Crippen LogP contribution >= 0.6 is 0 Å². The Morgan fingerprint density at radius 1 is 1.50 bits per heavy atom. The van der Waals surface area contributed by atoms with Crippen LogP contribution in [0.15, 0.2) is 4.52 Å². The van der Waals surface area contributed by atoms with E-state index in [0.717, 1.165) is 19.6 Å². The van der Waals surface area contributed by atoms with Crippen molar-refractivity contribution in [2.24, 2.45) is 0 Å². The van der Waals surface area contributed by atoms with Crippen LogP contribution in [0.3, 0.4) is 0 Å². The van der Waals surface area contributed by atoms with Crippen molar-refractivity contribution in [3.8, 4) is 0 Å². The molecule has 0 radical (unpaired) electrons. The lowest BCUT2D eigenvalue weighted by atomic mass is 10.2. The number of hydrogen-bond donors (Lipinski definition) is 0. The predicted molar refractivity (Wildman–Crippen MR) is 64.1 cm³/mol. The van der Waals surface area contributed by atoms with Gasteiger partial charge in [-0.25, -0.2) is 0 Å². The Balaban J connectivity index is 1.98. The van der Waals surface area contributed by atoms with Crippen LogP contribution < -0.4 is 0 Å². The fourth-order valence-electron chi connectivity index (χ4n) is 1.91.